The third-order valence-electron chi connectivity index (χ3n) is 5.37. The smallest absolute Gasteiger partial charge is 0.221 e. The van der Waals surface area contributed by atoms with Crippen LogP contribution in [-0.2, 0) is 22.6 Å². The number of ether oxygens (including phenoxy) is 1. The molecule has 1 fully saturated rings. The van der Waals surface area contributed by atoms with E-state index in [2.05, 4.69) is 58.6 Å². The van der Waals surface area contributed by atoms with Crippen molar-refractivity contribution in [1.82, 2.24) is 15.5 Å². The lowest BCUT2D eigenvalue weighted by Gasteiger charge is -2.31. The maximum atomic E-state index is 11.5. The van der Waals surface area contributed by atoms with Gasteiger partial charge in [0, 0.05) is 39.8 Å². The Morgan fingerprint density at radius 1 is 1.29 bits per heavy atom. The molecule has 1 aromatic rings. The van der Waals surface area contributed by atoms with E-state index in [1.54, 1.807) is 7.05 Å². The van der Waals surface area contributed by atoms with Crippen molar-refractivity contribution < 1.29 is 9.53 Å². The lowest BCUT2D eigenvalue weighted by molar-refractivity contribution is -0.123. The Balaban J connectivity index is 0.00000480. The zero-order chi connectivity index (χ0) is 21.8. The predicted molar refractivity (Wildman–Crippen MR) is 138 cm³/mol. The van der Waals surface area contributed by atoms with E-state index >= 15 is 0 Å². The predicted octanol–water partition coefficient (Wildman–Crippen LogP) is 2.73. The van der Waals surface area contributed by atoms with Crippen LogP contribution in [0.2, 0.25) is 0 Å². The first-order valence-electron chi connectivity index (χ1n) is 11.1. The topological polar surface area (TPSA) is 92.0 Å². The summed E-state index contributed by atoms with van der Waals surface area (Å²) in [5.74, 6) is 1.24. The normalized spacial score (nSPS) is 17.3. The van der Waals surface area contributed by atoms with Crippen molar-refractivity contribution in [1.29, 1.82) is 0 Å². The Kier molecular flexibility index (Phi) is 13.7. The van der Waals surface area contributed by atoms with Crippen LogP contribution in [0.3, 0.4) is 0 Å². The minimum Gasteiger partial charge on any atom is -0.380 e. The van der Waals surface area contributed by atoms with E-state index in [1.165, 1.54) is 11.1 Å². The minimum atomic E-state index is -0.179. The van der Waals surface area contributed by atoms with Crippen LogP contribution in [0.1, 0.15) is 44.2 Å². The van der Waals surface area contributed by atoms with E-state index in [9.17, 15) is 4.79 Å². The van der Waals surface area contributed by atoms with Crippen LogP contribution in [0.15, 0.2) is 29.3 Å². The molecule has 1 atom stereocenters. The zero-order valence-corrected chi connectivity index (χ0v) is 21.6. The molecule has 1 heterocycles. The second-order valence-corrected chi connectivity index (χ2v) is 8.44. The monoisotopic (exact) mass is 545 g/mol. The molecule has 7 nitrogen and oxygen atoms in total. The van der Waals surface area contributed by atoms with E-state index in [1.807, 2.05) is 0 Å². The van der Waals surface area contributed by atoms with Crippen LogP contribution >= 0.6 is 24.0 Å². The van der Waals surface area contributed by atoms with Gasteiger partial charge < -0.3 is 21.1 Å². The minimum absolute atomic E-state index is 0. The molecule has 31 heavy (non-hydrogen) atoms. The van der Waals surface area contributed by atoms with Gasteiger partial charge in [-0.1, -0.05) is 38.1 Å². The fraction of sp³-hybridized carbons (Fsp3) is 0.652. The third-order valence-corrected chi connectivity index (χ3v) is 5.37. The molecule has 0 spiro atoms. The van der Waals surface area contributed by atoms with Gasteiger partial charge in [-0.15, -0.1) is 24.0 Å². The average Bonchev–Trinajstić information content (AvgIpc) is 2.73. The number of guanidine groups is 1. The number of nitrogens with two attached hydrogens (primary N) is 1. The van der Waals surface area contributed by atoms with Crippen molar-refractivity contribution in [2.75, 3.05) is 39.9 Å². The number of piperidine rings is 1. The maximum Gasteiger partial charge on any atom is 0.221 e. The number of halogens is 1. The summed E-state index contributed by atoms with van der Waals surface area (Å²) in [6, 6.07) is 8.55. The molecule has 1 unspecified atom stereocenters. The summed E-state index contributed by atoms with van der Waals surface area (Å²) in [6.45, 7) is 9.92. The molecule has 0 bridgehead atoms. The first-order valence-corrected chi connectivity index (χ1v) is 11.1. The largest absolute Gasteiger partial charge is 0.380 e. The van der Waals surface area contributed by atoms with Gasteiger partial charge in [-0.3, -0.25) is 14.7 Å². The molecule has 1 aromatic carbocycles. The molecule has 1 saturated heterocycles. The second kappa shape index (κ2) is 15.4. The molecule has 1 amide bonds. The first-order chi connectivity index (χ1) is 14.5. The quantitative estimate of drug-likeness (QED) is 0.172. The molecule has 2 rings (SSSR count). The van der Waals surface area contributed by atoms with Crippen molar-refractivity contribution in [2.24, 2.45) is 22.6 Å². The number of rotatable bonds is 11. The Labute approximate surface area is 204 Å². The molecule has 0 aromatic heterocycles. The van der Waals surface area contributed by atoms with E-state index in [4.69, 9.17) is 10.5 Å². The van der Waals surface area contributed by atoms with Crippen LogP contribution in [0, 0.1) is 11.8 Å². The summed E-state index contributed by atoms with van der Waals surface area (Å²) < 4.78 is 5.63. The molecule has 8 heteroatoms. The number of likely N-dealkylation sites (tertiary alicyclic amines) is 1. The van der Waals surface area contributed by atoms with Gasteiger partial charge in [0.05, 0.1) is 12.5 Å². The van der Waals surface area contributed by atoms with Crippen LogP contribution in [0.25, 0.3) is 0 Å². The number of hydrogen-bond acceptors (Lipinski definition) is 4. The second-order valence-electron chi connectivity index (χ2n) is 8.44. The molecule has 0 aliphatic carbocycles. The van der Waals surface area contributed by atoms with Gasteiger partial charge in [0.1, 0.15) is 0 Å². The lowest BCUT2D eigenvalue weighted by atomic mass is 9.97. The fourth-order valence-electron chi connectivity index (χ4n) is 3.60. The molecule has 176 valence electrons. The molecule has 1 aliphatic rings. The van der Waals surface area contributed by atoms with E-state index < -0.39 is 0 Å². The molecule has 0 radical (unpaired) electrons. The highest BCUT2D eigenvalue weighted by Crippen LogP contribution is 2.18. The van der Waals surface area contributed by atoms with E-state index in [0.717, 1.165) is 58.0 Å². The highest BCUT2D eigenvalue weighted by molar-refractivity contribution is 14.0. The summed E-state index contributed by atoms with van der Waals surface area (Å²) in [4.78, 5) is 18.1. The van der Waals surface area contributed by atoms with Crippen molar-refractivity contribution in [2.45, 2.75) is 46.2 Å². The maximum absolute atomic E-state index is 11.5. The SMILES string of the molecule is CN=C(NCCOCCC(C)C)NCc1cccc(CN2CCCC(C(N)=O)C2)c1.I. The lowest BCUT2D eigenvalue weighted by Crippen LogP contribution is -2.40. The van der Waals surface area contributed by atoms with Gasteiger partial charge in [0.2, 0.25) is 5.91 Å². The van der Waals surface area contributed by atoms with Crippen molar-refractivity contribution in [3.05, 3.63) is 35.4 Å². The molecule has 0 saturated carbocycles. The van der Waals surface area contributed by atoms with Gasteiger partial charge in [0.25, 0.3) is 0 Å². The Morgan fingerprint density at radius 2 is 2.06 bits per heavy atom. The first kappa shape index (κ1) is 27.6. The summed E-state index contributed by atoms with van der Waals surface area (Å²) in [7, 11) is 1.77. The summed E-state index contributed by atoms with van der Waals surface area (Å²) in [6.07, 6.45) is 3.02. The van der Waals surface area contributed by atoms with Crippen LogP contribution in [-0.4, -0.2) is 56.7 Å². The Hall–Kier alpha value is -1.39. The zero-order valence-electron chi connectivity index (χ0n) is 19.2. The van der Waals surface area contributed by atoms with Crippen LogP contribution in [0.5, 0.6) is 0 Å². The molecular formula is C23H40IN5O2. The van der Waals surface area contributed by atoms with Gasteiger partial charge in [-0.25, -0.2) is 0 Å². The number of nitrogens with one attached hydrogen (secondary N) is 2. The molecule has 1 aliphatic heterocycles. The highest BCUT2D eigenvalue weighted by Gasteiger charge is 2.23. The third kappa shape index (κ3) is 11.2. The summed E-state index contributed by atoms with van der Waals surface area (Å²) >= 11 is 0. The highest BCUT2D eigenvalue weighted by atomic mass is 127. The number of hydrogen-bond donors (Lipinski definition) is 3. The Bertz CT molecular complexity index is 684. The van der Waals surface area contributed by atoms with Crippen LogP contribution < -0.4 is 16.4 Å². The average molecular weight is 546 g/mol. The van der Waals surface area contributed by atoms with Gasteiger partial charge >= 0.3 is 0 Å². The number of carbonyl (C=O) groups excluding carboxylic acids is 1. The molecular weight excluding hydrogens is 505 g/mol. The van der Waals surface area contributed by atoms with Gasteiger partial charge in [-0.05, 0) is 42.9 Å². The number of nitrogens with zero attached hydrogens (tertiary/aromatic N) is 2. The number of benzene rings is 1. The number of aliphatic imine (C=N–C) groups is 1. The summed E-state index contributed by atoms with van der Waals surface area (Å²) in [5, 5.41) is 6.64. The van der Waals surface area contributed by atoms with E-state index in [0.29, 0.717) is 19.1 Å². The number of carbonyl (C=O) groups is 1. The number of amides is 1. The molecule has 4 N–H and O–H groups in total. The van der Waals surface area contributed by atoms with Gasteiger partial charge in [-0.2, -0.15) is 0 Å². The van der Waals surface area contributed by atoms with Crippen LogP contribution in [0.4, 0.5) is 0 Å². The summed E-state index contributed by atoms with van der Waals surface area (Å²) in [5.41, 5.74) is 7.95. The van der Waals surface area contributed by atoms with Crippen molar-refractivity contribution in [3.8, 4) is 0 Å². The van der Waals surface area contributed by atoms with E-state index in [-0.39, 0.29) is 35.8 Å². The standard InChI is InChI=1S/C23H39N5O2.HI/c1-18(2)9-12-30-13-10-26-23(25-3)27-15-19-6-4-7-20(14-19)16-28-11-5-8-21(17-28)22(24)29;/h4,6-7,14,18,21H,5,8-13,15-17H2,1-3H3,(H2,24,29)(H2,25,26,27);1H. The Morgan fingerprint density at radius 3 is 2.77 bits per heavy atom. The van der Waals surface area contributed by atoms with Crippen molar-refractivity contribution in [3.63, 3.8) is 0 Å². The van der Waals surface area contributed by atoms with Gasteiger partial charge in [0.15, 0.2) is 5.96 Å². The number of primary amides is 1. The van der Waals surface area contributed by atoms with Crippen molar-refractivity contribution >= 4 is 35.8 Å². The fourth-order valence-corrected chi connectivity index (χ4v) is 3.60.